The Balaban J connectivity index is 1.69. The fourth-order valence-electron chi connectivity index (χ4n) is 2.20. The van der Waals surface area contributed by atoms with Gasteiger partial charge in [-0.25, -0.2) is 8.42 Å². The summed E-state index contributed by atoms with van der Waals surface area (Å²) in [5.41, 5.74) is 2.03. The molecule has 0 saturated carbocycles. The van der Waals surface area contributed by atoms with Crippen LogP contribution in [0.3, 0.4) is 0 Å². The van der Waals surface area contributed by atoms with Crippen molar-refractivity contribution in [2.24, 2.45) is 4.99 Å². The van der Waals surface area contributed by atoms with Gasteiger partial charge in [-0.3, -0.25) is 4.99 Å². The molecular formula is C17H23N3O2S2. The number of hydrogen-bond donors (Lipinski definition) is 2. The minimum atomic E-state index is -3.09. The zero-order valence-corrected chi connectivity index (χ0v) is 15.4. The minimum absolute atomic E-state index is 0.0962. The van der Waals surface area contributed by atoms with Gasteiger partial charge in [0.15, 0.2) is 15.8 Å². The van der Waals surface area contributed by atoms with E-state index in [9.17, 15) is 8.42 Å². The average Bonchev–Trinajstić information content (AvgIpc) is 3.08. The Morgan fingerprint density at radius 2 is 1.92 bits per heavy atom. The monoisotopic (exact) mass is 365 g/mol. The topological polar surface area (TPSA) is 70.6 Å². The molecule has 0 atom stereocenters. The lowest BCUT2D eigenvalue weighted by Crippen LogP contribution is -2.37. The molecular weight excluding hydrogens is 342 g/mol. The molecule has 2 rings (SSSR count). The summed E-state index contributed by atoms with van der Waals surface area (Å²) >= 11 is 1.66. The molecule has 0 aliphatic carbocycles. The molecule has 24 heavy (non-hydrogen) atoms. The first-order valence-corrected chi connectivity index (χ1v) is 10.6. The molecule has 2 aromatic rings. The van der Waals surface area contributed by atoms with Crippen LogP contribution in [0.4, 0.5) is 0 Å². The van der Waals surface area contributed by atoms with Crippen molar-refractivity contribution in [3.05, 3.63) is 58.3 Å². The summed E-state index contributed by atoms with van der Waals surface area (Å²) < 4.78 is 24.2. The quantitative estimate of drug-likeness (QED) is 0.428. The summed E-state index contributed by atoms with van der Waals surface area (Å²) in [5.74, 6) is 0.941. The first-order valence-electron chi connectivity index (χ1n) is 7.79. The summed E-state index contributed by atoms with van der Waals surface area (Å²) in [6, 6.07) is 11.3. The molecule has 0 amide bonds. The smallest absolute Gasteiger partial charge is 0.191 e. The number of thiophene rings is 1. The van der Waals surface area contributed by atoms with Crippen LogP contribution in [-0.4, -0.2) is 33.7 Å². The van der Waals surface area contributed by atoms with Gasteiger partial charge in [0.1, 0.15) is 0 Å². The van der Waals surface area contributed by atoms with Crippen molar-refractivity contribution in [2.75, 3.05) is 19.3 Å². The lowest BCUT2D eigenvalue weighted by atomic mass is 10.2. The van der Waals surface area contributed by atoms with E-state index in [1.54, 1.807) is 18.4 Å². The summed E-state index contributed by atoms with van der Waals surface area (Å²) in [6.07, 6.45) is 0.550. The molecule has 0 aliphatic rings. The number of aliphatic imine (C=N–C) groups is 1. The molecule has 0 aliphatic heterocycles. The highest BCUT2D eigenvalue weighted by molar-refractivity contribution is 7.90. The van der Waals surface area contributed by atoms with Gasteiger partial charge in [0.05, 0.1) is 11.5 Å². The number of nitrogens with one attached hydrogen (secondary N) is 2. The van der Waals surface area contributed by atoms with E-state index < -0.39 is 9.84 Å². The number of hydrogen-bond acceptors (Lipinski definition) is 4. The maximum Gasteiger partial charge on any atom is 0.191 e. The van der Waals surface area contributed by atoms with Crippen LogP contribution in [-0.2, 0) is 22.1 Å². The van der Waals surface area contributed by atoms with Gasteiger partial charge in [0.25, 0.3) is 0 Å². The second-order valence-electron chi connectivity index (χ2n) is 5.42. The lowest BCUT2D eigenvalue weighted by Gasteiger charge is -2.11. The van der Waals surface area contributed by atoms with Gasteiger partial charge in [0, 0.05) is 20.1 Å². The summed E-state index contributed by atoms with van der Waals surface area (Å²) in [5, 5.41) is 10.5. The molecule has 2 N–H and O–H groups in total. The van der Waals surface area contributed by atoms with Gasteiger partial charge in [-0.1, -0.05) is 30.3 Å². The van der Waals surface area contributed by atoms with Crippen LogP contribution in [0.15, 0.2) is 52.2 Å². The second-order valence-corrected chi connectivity index (χ2v) is 8.38. The predicted molar refractivity (Wildman–Crippen MR) is 101 cm³/mol. The SMILES string of the molecule is CN=C(NCCCS(=O)(=O)Cc1ccccc1)NCc1ccsc1. The molecule has 0 unspecified atom stereocenters. The van der Waals surface area contributed by atoms with E-state index in [1.807, 2.05) is 35.7 Å². The fraction of sp³-hybridized carbons (Fsp3) is 0.353. The van der Waals surface area contributed by atoms with Crippen LogP contribution in [0.1, 0.15) is 17.5 Å². The first kappa shape index (κ1) is 18.5. The van der Waals surface area contributed by atoms with E-state index in [0.29, 0.717) is 25.5 Å². The van der Waals surface area contributed by atoms with Crippen molar-refractivity contribution in [3.8, 4) is 0 Å². The summed E-state index contributed by atoms with van der Waals surface area (Å²) in [6.45, 7) is 1.27. The van der Waals surface area contributed by atoms with E-state index in [-0.39, 0.29) is 11.5 Å². The Morgan fingerprint density at radius 1 is 1.12 bits per heavy atom. The highest BCUT2D eigenvalue weighted by atomic mass is 32.2. The molecule has 1 aromatic heterocycles. The zero-order valence-electron chi connectivity index (χ0n) is 13.7. The Hall–Kier alpha value is -1.86. The zero-order chi connectivity index (χ0) is 17.3. The molecule has 1 aromatic carbocycles. The Morgan fingerprint density at radius 3 is 2.58 bits per heavy atom. The molecule has 0 radical (unpaired) electrons. The van der Waals surface area contributed by atoms with Crippen LogP contribution < -0.4 is 10.6 Å². The van der Waals surface area contributed by atoms with Gasteiger partial charge in [0.2, 0.25) is 0 Å². The minimum Gasteiger partial charge on any atom is -0.356 e. The van der Waals surface area contributed by atoms with E-state index >= 15 is 0 Å². The number of nitrogens with zero attached hydrogens (tertiary/aromatic N) is 1. The number of guanidine groups is 1. The highest BCUT2D eigenvalue weighted by Gasteiger charge is 2.11. The number of sulfone groups is 1. The molecule has 5 nitrogen and oxygen atoms in total. The predicted octanol–water partition coefficient (Wildman–Crippen LogP) is 2.42. The van der Waals surface area contributed by atoms with Crippen LogP contribution in [0.25, 0.3) is 0 Å². The fourth-order valence-corrected chi connectivity index (χ4v) is 4.30. The van der Waals surface area contributed by atoms with Crippen LogP contribution in [0.2, 0.25) is 0 Å². The standard InChI is InChI=1S/C17H23N3O2S2/c1-18-17(20-12-16-8-10-23-13-16)19-9-5-11-24(21,22)14-15-6-3-2-4-7-15/h2-4,6-8,10,13H,5,9,11-12,14H2,1H3,(H2,18,19,20). The van der Waals surface area contributed by atoms with Crippen molar-refractivity contribution >= 4 is 27.1 Å². The largest absolute Gasteiger partial charge is 0.356 e. The molecule has 7 heteroatoms. The van der Waals surface area contributed by atoms with E-state index in [4.69, 9.17) is 0 Å². The lowest BCUT2D eigenvalue weighted by molar-refractivity contribution is 0.591. The number of benzene rings is 1. The Kier molecular flexibility index (Phi) is 7.27. The molecule has 130 valence electrons. The highest BCUT2D eigenvalue weighted by Crippen LogP contribution is 2.07. The van der Waals surface area contributed by atoms with Gasteiger partial charge in [-0.05, 0) is 34.4 Å². The van der Waals surface area contributed by atoms with Crippen molar-refractivity contribution in [1.82, 2.24) is 10.6 Å². The van der Waals surface area contributed by atoms with Crippen molar-refractivity contribution in [1.29, 1.82) is 0 Å². The van der Waals surface area contributed by atoms with Gasteiger partial charge < -0.3 is 10.6 Å². The van der Waals surface area contributed by atoms with Crippen molar-refractivity contribution < 1.29 is 8.42 Å². The maximum absolute atomic E-state index is 12.1. The number of rotatable bonds is 8. The Labute approximate surface area is 147 Å². The van der Waals surface area contributed by atoms with Crippen molar-refractivity contribution in [3.63, 3.8) is 0 Å². The molecule has 1 heterocycles. The second kappa shape index (κ2) is 9.44. The third-order valence-electron chi connectivity index (χ3n) is 3.42. The van der Waals surface area contributed by atoms with Crippen LogP contribution in [0.5, 0.6) is 0 Å². The van der Waals surface area contributed by atoms with E-state index in [2.05, 4.69) is 27.1 Å². The van der Waals surface area contributed by atoms with Gasteiger partial charge >= 0.3 is 0 Å². The average molecular weight is 366 g/mol. The van der Waals surface area contributed by atoms with E-state index in [0.717, 1.165) is 5.56 Å². The third-order valence-corrected chi connectivity index (χ3v) is 5.83. The molecule has 0 saturated heterocycles. The van der Waals surface area contributed by atoms with Crippen LogP contribution >= 0.6 is 11.3 Å². The summed E-state index contributed by atoms with van der Waals surface area (Å²) in [7, 11) is -1.38. The molecule has 0 fully saturated rings. The maximum atomic E-state index is 12.1. The normalized spacial score (nSPS) is 12.1. The Bertz CT molecular complexity index is 726. The van der Waals surface area contributed by atoms with Crippen molar-refractivity contribution in [2.45, 2.75) is 18.7 Å². The molecule has 0 spiro atoms. The van der Waals surface area contributed by atoms with E-state index in [1.165, 1.54) is 5.56 Å². The summed E-state index contributed by atoms with van der Waals surface area (Å²) in [4.78, 5) is 4.14. The van der Waals surface area contributed by atoms with Crippen LogP contribution in [0, 0.1) is 0 Å². The third kappa shape index (κ3) is 6.72. The van der Waals surface area contributed by atoms with Gasteiger partial charge in [-0.15, -0.1) is 0 Å². The first-order chi connectivity index (χ1) is 11.6. The molecule has 0 bridgehead atoms. The van der Waals surface area contributed by atoms with Gasteiger partial charge in [-0.2, -0.15) is 11.3 Å².